The highest BCUT2D eigenvalue weighted by molar-refractivity contribution is 6.31. The maximum Gasteiger partial charge on any atom is 0.242 e. The molecule has 0 radical (unpaired) electrons. The zero-order valence-electron chi connectivity index (χ0n) is 13.5. The van der Waals surface area contributed by atoms with E-state index < -0.39 is 11.9 Å². The summed E-state index contributed by atoms with van der Waals surface area (Å²) in [5.41, 5.74) is 0.934. The summed E-state index contributed by atoms with van der Waals surface area (Å²) in [6.07, 6.45) is 1.84. The molecular formula is C16H19ClFN5O. The number of halogens is 2. The Morgan fingerprint density at radius 2 is 2.25 bits per heavy atom. The maximum atomic E-state index is 14.3. The van der Waals surface area contributed by atoms with Gasteiger partial charge in [-0.15, -0.1) is 5.10 Å². The molecule has 1 aliphatic rings. The van der Waals surface area contributed by atoms with E-state index in [1.807, 2.05) is 24.9 Å². The summed E-state index contributed by atoms with van der Waals surface area (Å²) >= 11 is 6.16. The second-order valence-corrected chi connectivity index (χ2v) is 6.49. The van der Waals surface area contributed by atoms with Crippen LogP contribution in [0.2, 0.25) is 5.02 Å². The van der Waals surface area contributed by atoms with Crippen LogP contribution >= 0.6 is 11.6 Å². The van der Waals surface area contributed by atoms with Crippen LogP contribution in [0.15, 0.2) is 24.4 Å². The van der Waals surface area contributed by atoms with Gasteiger partial charge in [-0.1, -0.05) is 22.9 Å². The van der Waals surface area contributed by atoms with Gasteiger partial charge < -0.3 is 5.32 Å². The number of piperazine rings is 1. The molecule has 1 amide bonds. The zero-order chi connectivity index (χ0) is 17.3. The Balaban J connectivity index is 1.91. The molecule has 1 unspecified atom stereocenters. The molecule has 128 valence electrons. The van der Waals surface area contributed by atoms with Gasteiger partial charge in [0.05, 0.1) is 11.9 Å². The Labute approximate surface area is 144 Å². The number of hydrogen-bond acceptors (Lipinski definition) is 4. The van der Waals surface area contributed by atoms with Crippen molar-refractivity contribution in [1.82, 2.24) is 25.2 Å². The highest BCUT2D eigenvalue weighted by Gasteiger charge is 2.35. The van der Waals surface area contributed by atoms with E-state index in [2.05, 4.69) is 15.6 Å². The summed E-state index contributed by atoms with van der Waals surface area (Å²) in [7, 11) is 0. The highest BCUT2D eigenvalue weighted by atomic mass is 35.5. The van der Waals surface area contributed by atoms with E-state index in [1.54, 1.807) is 10.7 Å². The van der Waals surface area contributed by atoms with E-state index in [4.69, 9.17) is 11.6 Å². The van der Waals surface area contributed by atoms with Crippen molar-refractivity contribution in [2.75, 3.05) is 13.1 Å². The van der Waals surface area contributed by atoms with Crippen molar-refractivity contribution in [3.05, 3.63) is 46.5 Å². The molecule has 0 aliphatic carbocycles. The molecule has 1 aromatic carbocycles. The summed E-state index contributed by atoms with van der Waals surface area (Å²) in [4.78, 5) is 14.3. The lowest BCUT2D eigenvalue weighted by molar-refractivity contribution is -0.129. The van der Waals surface area contributed by atoms with Gasteiger partial charge in [0.1, 0.15) is 11.9 Å². The Morgan fingerprint density at radius 3 is 2.92 bits per heavy atom. The van der Waals surface area contributed by atoms with Crippen molar-refractivity contribution < 1.29 is 9.18 Å². The minimum absolute atomic E-state index is 0.201. The number of nitrogens with zero attached hydrogens (tertiary/aromatic N) is 4. The number of carbonyl (C=O) groups excluding carboxylic acids is 1. The maximum absolute atomic E-state index is 14.3. The molecule has 0 saturated carbocycles. The number of nitrogens with one attached hydrogen (secondary N) is 1. The molecule has 1 N–H and O–H groups in total. The van der Waals surface area contributed by atoms with Crippen LogP contribution in [0, 0.1) is 5.82 Å². The van der Waals surface area contributed by atoms with Gasteiger partial charge in [-0.25, -0.2) is 9.07 Å². The molecule has 2 heterocycles. The molecule has 1 fully saturated rings. The molecule has 0 bridgehead atoms. The van der Waals surface area contributed by atoms with Crippen molar-refractivity contribution in [2.24, 2.45) is 0 Å². The van der Waals surface area contributed by atoms with Crippen molar-refractivity contribution in [1.29, 1.82) is 0 Å². The molecule has 8 heteroatoms. The second-order valence-electron chi connectivity index (χ2n) is 6.08. The van der Waals surface area contributed by atoms with Gasteiger partial charge in [-0.3, -0.25) is 9.69 Å². The van der Waals surface area contributed by atoms with Gasteiger partial charge in [0.2, 0.25) is 5.91 Å². The summed E-state index contributed by atoms with van der Waals surface area (Å²) in [5.74, 6) is -0.745. The van der Waals surface area contributed by atoms with Crippen molar-refractivity contribution in [3.63, 3.8) is 0 Å². The Bertz CT molecular complexity index is 728. The topological polar surface area (TPSA) is 63.0 Å². The van der Waals surface area contributed by atoms with Crippen LogP contribution < -0.4 is 5.32 Å². The van der Waals surface area contributed by atoms with Crippen molar-refractivity contribution >= 4 is 17.5 Å². The lowest BCUT2D eigenvalue weighted by Gasteiger charge is -2.35. The number of amides is 1. The zero-order valence-corrected chi connectivity index (χ0v) is 14.3. The molecular weight excluding hydrogens is 333 g/mol. The average molecular weight is 352 g/mol. The molecule has 0 spiro atoms. The first-order valence-corrected chi connectivity index (χ1v) is 8.21. The third-order valence-corrected chi connectivity index (χ3v) is 4.37. The Kier molecular flexibility index (Phi) is 4.82. The predicted molar refractivity (Wildman–Crippen MR) is 88.0 cm³/mol. The van der Waals surface area contributed by atoms with E-state index in [-0.39, 0.29) is 22.5 Å². The largest absolute Gasteiger partial charge is 0.353 e. The minimum atomic E-state index is -0.781. The van der Waals surface area contributed by atoms with Crippen LogP contribution in [0.3, 0.4) is 0 Å². The molecule has 3 rings (SSSR count). The lowest BCUT2D eigenvalue weighted by Crippen LogP contribution is -2.49. The third kappa shape index (κ3) is 3.27. The first-order valence-electron chi connectivity index (χ1n) is 7.83. The summed E-state index contributed by atoms with van der Waals surface area (Å²) in [6.45, 7) is 5.49. The Hall–Kier alpha value is -1.99. The van der Waals surface area contributed by atoms with Crippen LogP contribution in [0.5, 0.6) is 0 Å². The number of aromatic nitrogens is 3. The normalized spacial score (nSPS) is 18.9. The molecule has 6 nitrogen and oxygen atoms in total. The number of rotatable bonds is 4. The van der Waals surface area contributed by atoms with Crippen molar-refractivity contribution in [3.8, 4) is 0 Å². The fourth-order valence-electron chi connectivity index (χ4n) is 2.82. The van der Waals surface area contributed by atoms with Crippen LogP contribution in [0.1, 0.15) is 37.2 Å². The van der Waals surface area contributed by atoms with E-state index in [0.717, 1.165) is 5.69 Å². The van der Waals surface area contributed by atoms with Crippen molar-refractivity contribution in [2.45, 2.75) is 32.5 Å². The monoisotopic (exact) mass is 351 g/mol. The molecule has 2 aromatic rings. The standard InChI is InChI=1S/C16H19ClFN5O/c1-10(2)23-9-11(20-21-23)8-22-7-6-19-16(24)15(22)14-12(17)4-3-5-13(14)18/h3-5,9-10,15H,6-8H2,1-2H3,(H,19,24). The number of carbonyl (C=O) groups is 1. The lowest BCUT2D eigenvalue weighted by atomic mass is 10.0. The molecule has 1 aromatic heterocycles. The van der Waals surface area contributed by atoms with Gasteiger partial charge in [0.25, 0.3) is 0 Å². The van der Waals surface area contributed by atoms with E-state index >= 15 is 0 Å². The SMILES string of the molecule is CC(C)n1cc(CN2CCNC(=O)C2c2c(F)cccc2Cl)nn1. The van der Waals surface area contributed by atoms with Gasteiger partial charge >= 0.3 is 0 Å². The summed E-state index contributed by atoms with van der Waals surface area (Å²) < 4.78 is 16.1. The Morgan fingerprint density at radius 1 is 1.46 bits per heavy atom. The first-order chi connectivity index (χ1) is 11.5. The number of hydrogen-bond donors (Lipinski definition) is 1. The molecule has 1 atom stereocenters. The van der Waals surface area contributed by atoms with E-state index in [0.29, 0.717) is 19.6 Å². The van der Waals surface area contributed by atoms with Crippen LogP contribution in [-0.2, 0) is 11.3 Å². The highest BCUT2D eigenvalue weighted by Crippen LogP contribution is 2.32. The molecule has 24 heavy (non-hydrogen) atoms. The first kappa shape index (κ1) is 16.9. The van der Waals surface area contributed by atoms with Crippen LogP contribution in [0.4, 0.5) is 4.39 Å². The van der Waals surface area contributed by atoms with Gasteiger partial charge in [-0.05, 0) is 26.0 Å². The minimum Gasteiger partial charge on any atom is -0.353 e. The van der Waals surface area contributed by atoms with Crippen LogP contribution in [0.25, 0.3) is 0 Å². The summed E-state index contributed by atoms with van der Waals surface area (Å²) in [5, 5.41) is 11.2. The average Bonchev–Trinajstić information content (AvgIpc) is 2.98. The summed E-state index contributed by atoms with van der Waals surface area (Å²) in [6, 6.07) is 3.86. The van der Waals surface area contributed by atoms with E-state index in [1.165, 1.54) is 12.1 Å². The number of benzene rings is 1. The predicted octanol–water partition coefficient (Wildman–Crippen LogP) is 2.32. The van der Waals surface area contributed by atoms with E-state index in [9.17, 15) is 9.18 Å². The molecule has 1 saturated heterocycles. The van der Waals surface area contributed by atoms with Gasteiger partial charge in [-0.2, -0.15) is 0 Å². The smallest absolute Gasteiger partial charge is 0.242 e. The van der Waals surface area contributed by atoms with Crippen LogP contribution in [-0.4, -0.2) is 38.9 Å². The fourth-order valence-corrected chi connectivity index (χ4v) is 3.08. The third-order valence-electron chi connectivity index (χ3n) is 4.04. The quantitative estimate of drug-likeness (QED) is 0.918. The van der Waals surface area contributed by atoms with Gasteiger partial charge in [0, 0.05) is 36.3 Å². The van der Waals surface area contributed by atoms with Gasteiger partial charge in [0.15, 0.2) is 0 Å². The molecule has 1 aliphatic heterocycles. The fraction of sp³-hybridized carbons (Fsp3) is 0.438. The second kappa shape index (κ2) is 6.86.